The number of amides is 2. The van der Waals surface area contributed by atoms with Gasteiger partial charge in [0, 0.05) is 32.1 Å². The number of nitrogens with one attached hydrogen (secondary N) is 4. The van der Waals surface area contributed by atoms with Gasteiger partial charge in [0.15, 0.2) is 23.7 Å². The molecule has 0 unspecified atom stereocenters. The smallest absolute Gasteiger partial charge is 0.413 e. The van der Waals surface area contributed by atoms with Gasteiger partial charge in [-0.1, -0.05) is 134 Å². The lowest BCUT2D eigenvalue weighted by atomic mass is 9.89. The summed E-state index contributed by atoms with van der Waals surface area (Å²) in [6.07, 6.45) is 6.44. The minimum atomic E-state index is -3.81. The third-order valence-corrected chi connectivity index (χ3v) is 21.0. The zero-order valence-corrected chi connectivity index (χ0v) is 68.1. The van der Waals surface area contributed by atoms with Crippen LogP contribution in [-0.4, -0.2) is 134 Å². The fraction of sp³-hybridized carbons (Fsp3) is 0.299. The fourth-order valence-electron chi connectivity index (χ4n) is 11.9. The molecule has 0 fully saturated rings. The molecule has 0 radical (unpaired) electrons. The second-order valence-corrected chi connectivity index (χ2v) is 30.6. The number of hydrogen-bond donors (Lipinski definition) is 10. The molecule has 1 heterocycles. The largest absolute Gasteiger partial charge is 0.494 e. The van der Waals surface area contributed by atoms with Crippen molar-refractivity contribution in [1.29, 1.82) is 0 Å². The molecule has 16 N–H and O–H groups in total. The van der Waals surface area contributed by atoms with Gasteiger partial charge in [-0.2, -0.15) is 4.99 Å². The number of carbonyl (C=O) groups excluding carboxylic acids is 5. The summed E-state index contributed by atoms with van der Waals surface area (Å²) < 4.78 is 83.0. The van der Waals surface area contributed by atoms with Gasteiger partial charge in [0.2, 0.25) is 26.0 Å². The second-order valence-electron chi connectivity index (χ2n) is 27.1. The summed E-state index contributed by atoms with van der Waals surface area (Å²) in [5.41, 5.74) is 40.6. The van der Waals surface area contributed by atoms with E-state index in [1.165, 1.54) is 73.7 Å². The van der Waals surface area contributed by atoms with Crippen molar-refractivity contribution in [2.45, 2.75) is 132 Å². The summed E-state index contributed by atoms with van der Waals surface area (Å²) in [5, 5.41) is 5.68. The van der Waals surface area contributed by atoms with E-state index in [0.717, 1.165) is 66.1 Å². The first-order valence-corrected chi connectivity index (χ1v) is 41.2. The van der Waals surface area contributed by atoms with Crippen LogP contribution in [0, 0.1) is 0 Å². The molecule has 1 aliphatic carbocycles. The monoisotopic (exact) mass is 1630 g/mol. The molecule has 0 saturated heterocycles. The molecule has 0 saturated carbocycles. The second kappa shape index (κ2) is 48.0. The van der Waals surface area contributed by atoms with Crippen molar-refractivity contribution in [3.05, 3.63) is 269 Å². The number of Topliss-reactive ketones (excluding diaryl/α,β-unsaturated/α-hetero) is 3. The number of para-hydroxylation sites is 1. The molecule has 10 rings (SSSR count). The first-order valence-electron chi connectivity index (χ1n) is 38.2. The average Bonchev–Trinajstić information content (AvgIpc) is 1.49. The van der Waals surface area contributed by atoms with Crippen molar-refractivity contribution in [3.8, 4) is 28.7 Å². The Morgan fingerprint density at radius 1 is 0.470 bits per heavy atom. The summed E-state index contributed by atoms with van der Waals surface area (Å²) in [5.74, 6) is 3.53. The molecule has 620 valence electrons. The van der Waals surface area contributed by atoms with Crippen LogP contribution in [0.4, 0.5) is 10.6 Å². The van der Waals surface area contributed by atoms with Gasteiger partial charge in [0.25, 0.3) is 0 Å². The van der Waals surface area contributed by atoms with Crippen molar-refractivity contribution < 1.29 is 64.5 Å². The molecule has 1 aromatic heterocycles. The number of aromatic nitrogens is 1. The predicted molar refractivity (Wildman–Crippen MR) is 456 cm³/mol. The number of aliphatic imine (C=N–C) groups is 3. The third-order valence-electron chi connectivity index (χ3n) is 18.0. The van der Waals surface area contributed by atoms with Crippen LogP contribution in [-0.2, 0) is 77.7 Å². The van der Waals surface area contributed by atoms with E-state index in [4.69, 9.17) is 58.1 Å². The highest BCUT2D eigenvalue weighted by molar-refractivity contribution is 7.89. The van der Waals surface area contributed by atoms with Crippen molar-refractivity contribution in [3.63, 3.8) is 0 Å². The van der Waals surface area contributed by atoms with Gasteiger partial charge in [-0.15, -0.1) is 0 Å². The van der Waals surface area contributed by atoms with Crippen LogP contribution in [0.15, 0.2) is 249 Å². The Kier molecular flexibility index (Phi) is 37.6. The summed E-state index contributed by atoms with van der Waals surface area (Å²) in [6, 6.07) is 65.1. The SMILES string of the molecule is CC(=O)[C@H](Cc1ccc(OCCCC(=O)N=C(N)N)cc1)NS(=O)(=O)c1ccccc1.CC(=O)[C@H](Cc1ccc(OCCCCN=C(N)N)cc1)NS(=O)(=O)c1ccccc1.CC(=O)[C@H](Cc1ccc(OCCN=C(N)N)cc1)NC(=O)Oc1ccccc1.CC[C@@H]1Cc2ccc(OCCc3cccc(NC)n3)cc2Cc2ccccc21. The van der Waals surface area contributed by atoms with Gasteiger partial charge < -0.3 is 68.7 Å². The van der Waals surface area contributed by atoms with E-state index in [2.05, 4.69) is 89.4 Å². The number of sulfonamides is 2. The lowest BCUT2D eigenvalue weighted by Crippen LogP contribution is -2.42. The molecular formula is C87H106N14O14S2. The maximum Gasteiger partial charge on any atom is 0.413 e. The molecule has 8 aromatic carbocycles. The summed E-state index contributed by atoms with van der Waals surface area (Å²) in [4.78, 5) is 75.3. The van der Waals surface area contributed by atoms with Crippen LogP contribution < -0.4 is 78.2 Å². The standard InChI is InChI=1S/C25H28N2O.C21H26N4O5S.C21H28N4O4S.C20H24N4O4/c1-3-18-15-19-11-12-23(17-21(19)16-20-7-4-5-9-24(18)20)28-14-13-22-8-6-10-25(26-2)27-22;1-15(26)19(25-31(28,29)18-6-3-2-4-7-18)14-16-9-11-17(12-10-16)30-13-5-8-20(27)24-21(22)23;1-16(26)20(25-30(27,28)19-7-3-2-4-8-19)15-17-9-11-18(12-10-17)29-14-6-5-13-24-21(22)23;1-14(25)18(24-20(26)28-17-5-3-2-4-6-17)13-15-7-9-16(10-8-15)27-12-11-23-19(21)22/h4-12,17-18H,3,13-16H2,1-2H3,(H,26,27);2-4,6-7,9-12,19,25H,5,8,13-14H2,1H3,(H4,22,23,24,27);2-4,7-12,20,25H,5-6,13-15H2,1H3,(H4,22,23,24);2-10,18H,11-13H2,1H3,(H,24,26)(H4,21,22,23)/t18-;19-;20-;18-/m1000/s1. The van der Waals surface area contributed by atoms with E-state index in [1.807, 2.05) is 55.6 Å². The van der Waals surface area contributed by atoms with Gasteiger partial charge in [0.1, 0.15) is 52.7 Å². The van der Waals surface area contributed by atoms with Crippen LogP contribution in [0.3, 0.4) is 0 Å². The van der Waals surface area contributed by atoms with Gasteiger partial charge in [-0.3, -0.25) is 29.2 Å². The molecule has 0 bridgehead atoms. The van der Waals surface area contributed by atoms with Crippen LogP contribution >= 0.6 is 0 Å². The number of fused-ring (bicyclic) bond motifs is 2. The maximum absolute atomic E-state index is 12.5. The van der Waals surface area contributed by atoms with Gasteiger partial charge in [-0.05, 0) is 220 Å². The van der Waals surface area contributed by atoms with Gasteiger partial charge >= 0.3 is 6.09 Å². The first kappa shape index (κ1) is 91.7. The summed E-state index contributed by atoms with van der Waals surface area (Å²) in [6.45, 7) is 9.18. The van der Waals surface area contributed by atoms with E-state index in [0.29, 0.717) is 81.3 Å². The van der Waals surface area contributed by atoms with Crippen LogP contribution in [0.5, 0.6) is 28.7 Å². The van der Waals surface area contributed by atoms with Crippen LogP contribution in [0.2, 0.25) is 0 Å². The number of nitrogens with zero attached hydrogens (tertiary/aromatic N) is 4. The van der Waals surface area contributed by atoms with E-state index < -0.39 is 50.2 Å². The molecular weight excluding hydrogens is 1530 g/mol. The number of ketones is 3. The van der Waals surface area contributed by atoms with Crippen LogP contribution in [0.25, 0.3) is 0 Å². The molecule has 4 atom stereocenters. The number of ether oxygens (including phenoxy) is 5. The van der Waals surface area contributed by atoms with Gasteiger partial charge in [-0.25, -0.2) is 36.1 Å². The Balaban J connectivity index is 0.000000216. The first-order chi connectivity index (χ1) is 56.1. The number of pyridine rings is 1. The van der Waals surface area contributed by atoms with Crippen LogP contribution in [0.1, 0.15) is 110 Å². The lowest BCUT2D eigenvalue weighted by Gasteiger charge is -2.16. The number of guanidine groups is 3. The van der Waals surface area contributed by atoms with Gasteiger partial charge in [0.05, 0.1) is 54.3 Å². The number of rotatable bonds is 38. The number of benzene rings is 8. The normalized spacial score (nSPS) is 12.6. The van der Waals surface area contributed by atoms with E-state index in [-0.39, 0.29) is 64.3 Å². The molecule has 2 amide bonds. The fourth-order valence-corrected chi connectivity index (χ4v) is 14.4. The zero-order valence-electron chi connectivity index (χ0n) is 66.5. The number of carbonyl (C=O) groups is 5. The Labute approximate surface area is 684 Å². The number of nitrogens with two attached hydrogens (primary N) is 6. The van der Waals surface area contributed by atoms with Crippen molar-refractivity contribution in [1.82, 2.24) is 19.7 Å². The Bertz CT molecular complexity index is 4960. The Morgan fingerprint density at radius 3 is 1.44 bits per heavy atom. The minimum absolute atomic E-state index is 0.0208. The molecule has 0 aliphatic heterocycles. The van der Waals surface area contributed by atoms with E-state index >= 15 is 0 Å². The highest BCUT2D eigenvalue weighted by Crippen LogP contribution is 2.35. The summed E-state index contributed by atoms with van der Waals surface area (Å²) >= 11 is 0. The molecule has 117 heavy (non-hydrogen) atoms. The zero-order chi connectivity index (χ0) is 84.5. The minimum Gasteiger partial charge on any atom is -0.494 e. The van der Waals surface area contributed by atoms with E-state index in [1.54, 1.807) is 109 Å². The van der Waals surface area contributed by atoms with Crippen molar-refractivity contribution in [2.75, 3.05) is 51.9 Å². The highest BCUT2D eigenvalue weighted by atomic mass is 32.2. The molecule has 1 aliphatic rings. The molecule has 9 aromatic rings. The predicted octanol–water partition coefficient (Wildman–Crippen LogP) is 9.73. The maximum atomic E-state index is 12.5. The molecule has 0 spiro atoms. The molecule has 30 heteroatoms. The average molecular weight is 1640 g/mol. The highest BCUT2D eigenvalue weighted by Gasteiger charge is 2.27. The Hall–Kier alpha value is -12.5. The van der Waals surface area contributed by atoms with E-state index in [9.17, 15) is 40.8 Å². The number of unbranched alkanes of at least 4 members (excludes halogenated alkanes) is 1. The summed E-state index contributed by atoms with van der Waals surface area (Å²) in [7, 11) is -5.70. The topological polar surface area (TPSA) is 454 Å². The van der Waals surface area contributed by atoms with Crippen molar-refractivity contribution >= 4 is 73.1 Å². The Morgan fingerprint density at radius 2 is 0.940 bits per heavy atom. The quantitative estimate of drug-likeness (QED) is 0.00977. The lowest BCUT2D eigenvalue weighted by molar-refractivity contribution is -0.119. The number of hydrogen-bond acceptors (Lipinski definition) is 18. The van der Waals surface area contributed by atoms with Crippen molar-refractivity contribution in [2.24, 2.45) is 49.4 Å². The number of anilines is 1. The third kappa shape index (κ3) is 33.5. The molecule has 28 nitrogen and oxygen atoms in total.